The van der Waals surface area contributed by atoms with Crippen molar-refractivity contribution in [1.82, 2.24) is 0 Å². The van der Waals surface area contributed by atoms with Crippen LogP contribution in [0.15, 0.2) is 24.8 Å². The SMILES string of the molecule is C=CC(C(C)CC)C(/C=C/C)CC. The fraction of sp³-hybridized carbons (Fsp3) is 0.692. The summed E-state index contributed by atoms with van der Waals surface area (Å²) in [6, 6.07) is 0. The van der Waals surface area contributed by atoms with Gasteiger partial charge in [-0.25, -0.2) is 0 Å². The van der Waals surface area contributed by atoms with Crippen LogP contribution in [0.5, 0.6) is 0 Å². The lowest BCUT2D eigenvalue weighted by atomic mass is 9.80. The first kappa shape index (κ1) is 12.5. The molecule has 0 heteroatoms. The van der Waals surface area contributed by atoms with E-state index in [1.807, 2.05) is 0 Å². The van der Waals surface area contributed by atoms with Crippen molar-refractivity contribution in [2.75, 3.05) is 0 Å². The van der Waals surface area contributed by atoms with Crippen LogP contribution in [0, 0.1) is 17.8 Å². The molecule has 76 valence electrons. The van der Waals surface area contributed by atoms with Crippen LogP contribution in [0.25, 0.3) is 0 Å². The summed E-state index contributed by atoms with van der Waals surface area (Å²) in [5.41, 5.74) is 0. The number of hydrogen-bond acceptors (Lipinski definition) is 0. The van der Waals surface area contributed by atoms with E-state index in [0.717, 1.165) is 5.92 Å². The largest absolute Gasteiger partial charge is 0.103 e. The molecule has 0 nitrogen and oxygen atoms in total. The normalized spacial score (nSPS) is 18.5. The fourth-order valence-electron chi connectivity index (χ4n) is 1.88. The monoisotopic (exact) mass is 180 g/mol. The van der Waals surface area contributed by atoms with Gasteiger partial charge in [-0.1, -0.05) is 45.4 Å². The Morgan fingerprint density at radius 3 is 2.15 bits per heavy atom. The topological polar surface area (TPSA) is 0 Å². The van der Waals surface area contributed by atoms with E-state index in [2.05, 4.69) is 52.5 Å². The molecule has 0 saturated carbocycles. The first-order valence-electron chi connectivity index (χ1n) is 5.46. The standard InChI is InChI=1S/C13H24/c1-6-10-12(8-3)13(9-4)11(5)7-2/h6,9-13H,4,7-8H2,1-3,5H3/b10-6+. The zero-order valence-corrected chi connectivity index (χ0v) is 9.59. The van der Waals surface area contributed by atoms with Gasteiger partial charge in [0.25, 0.3) is 0 Å². The summed E-state index contributed by atoms with van der Waals surface area (Å²) in [5, 5.41) is 0. The average molecular weight is 180 g/mol. The lowest BCUT2D eigenvalue weighted by molar-refractivity contribution is 0.327. The Kier molecular flexibility index (Phi) is 6.66. The second kappa shape index (κ2) is 6.94. The van der Waals surface area contributed by atoms with Crippen molar-refractivity contribution in [2.24, 2.45) is 17.8 Å². The van der Waals surface area contributed by atoms with Crippen LogP contribution in [0.3, 0.4) is 0 Å². The van der Waals surface area contributed by atoms with Gasteiger partial charge < -0.3 is 0 Å². The summed E-state index contributed by atoms with van der Waals surface area (Å²) in [5.74, 6) is 2.07. The molecule has 0 N–H and O–H groups in total. The van der Waals surface area contributed by atoms with Crippen molar-refractivity contribution >= 4 is 0 Å². The fourth-order valence-corrected chi connectivity index (χ4v) is 1.88. The van der Waals surface area contributed by atoms with Gasteiger partial charge in [-0.3, -0.25) is 0 Å². The maximum absolute atomic E-state index is 3.95. The molecule has 0 heterocycles. The molecule has 0 aliphatic carbocycles. The molecule has 3 unspecified atom stereocenters. The van der Waals surface area contributed by atoms with Gasteiger partial charge in [0.1, 0.15) is 0 Å². The first-order valence-corrected chi connectivity index (χ1v) is 5.46. The molecule has 13 heavy (non-hydrogen) atoms. The Morgan fingerprint density at radius 2 is 1.85 bits per heavy atom. The van der Waals surface area contributed by atoms with E-state index in [0.29, 0.717) is 11.8 Å². The minimum absolute atomic E-state index is 0.645. The van der Waals surface area contributed by atoms with Crippen LogP contribution in [0.4, 0.5) is 0 Å². The van der Waals surface area contributed by atoms with Gasteiger partial charge in [0.05, 0.1) is 0 Å². The summed E-state index contributed by atoms with van der Waals surface area (Å²) >= 11 is 0. The Labute approximate surface area is 83.7 Å². The lowest BCUT2D eigenvalue weighted by Crippen LogP contribution is -2.17. The smallest absolute Gasteiger partial charge is 0.0148 e. The van der Waals surface area contributed by atoms with Gasteiger partial charge in [0, 0.05) is 0 Å². The Morgan fingerprint density at radius 1 is 1.23 bits per heavy atom. The van der Waals surface area contributed by atoms with Gasteiger partial charge >= 0.3 is 0 Å². The molecule has 0 fully saturated rings. The van der Waals surface area contributed by atoms with E-state index >= 15 is 0 Å². The van der Waals surface area contributed by atoms with Crippen LogP contribution >= 0.6 is 0 Å². The lowest BCUT2D eigenvalue weighted by Gasteiger charge is -2.25. The van der Waals surface area contributed by atoms with Crippen LogP contribution < -0.4 is 0 Å². The molecule has 3 atom stereocenters. The van der Waals surface area contributed by atoms with E-state index < -0.39 is 0 Å². The highest BCUT2D eigenvalue weighted by Crippen LogP contribution is 2.28. The Bertz CT molecular complexity index is 155. The molecule has 0 amide bonds. The van der Waals surface area contributed by atoms with Crippen LogP contribution in [0.1, 0.15) is 40.5 Å². The molecule has 0 saturated heterocycles. The molecule has 0 aliphatic rings. The van der Waals surface area contributed by atoms with Gasteiger partial charge in [-0.15, -0.1) is 6.58 Å². The van der Waals surface area contributed by atoms with Crippen molar-refractivity contribution in [3.63, 3.8) is 0 Å². The molecule has 0 spiro atoms. The van der Waals surface area contributed by atoms with Gasteiger partial charge in [-0.05, 0) is 31.1 Å². The van der Waals surface area contributed by atoms with Crippen molar-refractivity contribution in [3.8, 4) is 0 Å². The second-order valence-corrected chi connectivity index (χ2v) is 3.80. The number of hydrogen-bond donors (Lipinski definition) is 0. The third kappa shape index (κ3) is 3.80. The van der Waals surface area contributed by atoms with Crippen molar-refractivity contribution in [2.45, 2.75) is 40.5 Å². The van der Waals surface area contributed by atoms with Crippen LogP contribution in [0.2, 0.25) is 0 Å². The van der Waals surface area contributed by atoms with E-state index in [9.17, 15) is 0 Å². The Hall–Kier alpha value is -0.520. The Balaban J connectivity index is 4.41. The summed E-state index contributed by atoms with van der Waals surface area (Å²) < 4.78 is 0. The van der Waals surface area contributed by atoms with E-state index in [1.165, 1.54) is 12.8 Å². The number of rotatable bonds is 6. The molecular weight excluding hydrogens is 156 g/mol. The predicted octanol–water partition coefficient (Wildman–Crippen LogP) is 4.44. The number of allylic oxidation sites excluding steroid dienone is 3. The van der Waals surface area contributed by atoms with Crippen LogP contribution in [-0.2, 0) is 0 Å². The van der Waals surface area contributed by atoms with Crippen LogP contribution in [-0.4, -0.2) is 0 Å². The summed E-state index contributed by atoms with van der Waals surface area (Å²) in [6.07, 6.45) is 9.06. The van der Waals surface area contributed by atoms with Crippen molar-refractivity contribution < 1.29 is 0 Å². The molecular formula is C13H24. The molecule has 0 rings (SSSR count). The highest BCUT2D eigenvalue weighted by molar-refractivity contribution is 4.96. The summed E-state index contributed by atoms with van der Waals surface area (Å²) in [4.78, 5) is 0. The minimum atomic E-state index is 0.645. The molecule has 0 aromatic rings. The maximum atomic E-state index is 3.95. The molecule has 0 aliphatic heterocycles. The zero-order valence-electron chi connectivity index (χ0n) is 9.59. The van der Waals surface area contributed by atoms with Gasteiger partial charge in [0.2, 0.25) is 0 Å². The van der Waals surface area contributed by atoms with Crippen molar-refractivity contribution in [1.29, 1.82) is 0 Å². The summed E-state index contributed by atoms with van der Waals surface area (Å²) in [7, 11) is 0. The zero-order chi connectivity index (χ0) is 10.3. The first-order chi connectivity index (χ1) is 6.21. The van der Waals surface area contributed by atoms with Gasteiger partial charge in [-0.2, -0.15) is 0 Å². The minimum Gasteiger partial charge on any atom is -0.103 e. The van der Waals surface area contributed by atoms with Crippen molar-refractivity contribution in [3.05, 3.63) is 24.8 Å². The second-order valence-electron chi connectivity index (χ2n) is 3.80. The highest BCUT2D eigenvalue weighted by atomic mass is 14.2. The van der Waals surface area contributed by atoms with E-state index in [1.54, 1.807) is 0 Å². The van der Waals surface area contributed by atoms with Gasteiger partial charge in [0.15, 0.2) is 0 Å². The molecule has 0 aromatic carbocycles. The quantitative estimate of drug-likeness (QED) is 0.530. The highest BCUT2D eigenvalue weighted by Gasteiger charge is 2.19. The predicted molar refractivity (Wildman–Crippen MR) is 61.7 cm³/mol. The summed E-state index contributed by atoms with van der Waals surface area (Å²) in [6.45, 7) is 12.9. The molecule has 0 bridgehead atoms. The van der Waals surface area contributed by atoms with E-state index in [4.69, 9.17) is 0 Å². The average Bonchev–Trinajstić information content (AvgIpc) is 2.17. The third-order valence-corrected chi connectivity index (χ3v) is 2.98. The van der Waals surface area contributed by atoms with E-state index in [-0.39, 0.29) is 0 Å². The molecule has 0 aromatic heterocycles. The third-order valence-electron chi connectivity index (χ3n) is 2.98. The molecule has 0 radical (unpaired) electrons. The maximum Gasteiger partial charge on any atom is -0.0148 e.